The standard InChI is InChI=1S/C17H15ClN2O3/c1-23-14-4-2-3-13(9-14)20-16(21)10-15(17(20)22)19-12-7-5-11(18)6-8-12/h2-9,15,19H,10H2,1H3/t15-/m0/s1. The van der Waals surface area contributed by atoms with Gasteiger partial charge >= 0.3 is 0 Å². The third-order valence-electron chi connectivity index (χ3n) is 3.64. The molecule has 1 saturated heterocycles. The van der Waals surface area contributed by atoms with Gasteiger partial charge < -0.3 is 10.1 Å². The Morgan fingerprint density at radius 2 is 1.91 bits per heavy atom. The van der Waals surface area contributed by atoms with Crippen LogP contribution in [-0.4, -0.2) is 25.0 Å². The number of amides is 2. The van der Waals surface area contributed by atoms with Crippen LogP contribution < -0.4 is 15.0 Å². The van der Waals surface area contributed by atoms with Gasteiger partial charge in [0, 0.05) is 16.8 Å². The number of hydrogen-bond donors (Lipinski definition) is 1. The summed E-state index contributed by atoms with van der Waals surface area (Å²) in [6.07, 6.45) is 0.110. The van der Waals surface area contributed by atoms with Gasteiger partial charge in [-0.15, -0.1) is 0 Å². The maximum atomic E-state index is 12.6. The summed E-state index contributed by atoms with van der Waals surface area (Å²) in [4.78, 5) is 26.0. The molecule has 2 amide bonds. The Kier molecular flexibility index (Phi) is 4.21. The van der Waals surface area contributed by atoms with Crippen LogP contribution in [0.25, 0.3) is 0 Å². The first-order valence-corrected chi connectivity index (χ1v) is 7.49. The Labute approximate surface area is 138 Å². The Balaban J connectivity index is 1.80. The highest BCUT2D eigenvalue weighted by atomic mass is 35.5. The fraction of sp³-hybridized carbons (Fsp3) is 0.176. The molecule has 23 heavy (non-hydrogen) atoms. The quantitative estimate of drug-likeness (QED) is 0.875. The predicted molar refractivity (Wildman–Crippen MR) is 89.0 cm³/mol. The van der Waals surface area contributed by atoms with Crippen LogP contribution in [0.15, 0.2) is 48.5 Å². The van der Waals surface area contributed by atoms with Gasteiger partial charge in [-0.3, -0.25) is 9.59 Å². The zero-order chi connectivity index (χ0) is 16.4. The van der Waals surface area contributed by atoms with E-state index in [0.717, 1.165) is 5.69 Å². The van der Waals surface area contributed by atoms with Crippen molar-refractivity contribution in [3.63, 3.8) is 0 Å². The second-order valence-corrected chi connectivity index (χ2v) is 5.61. The molecule has 0 aromatic heterocycles. The van der Waals surface area contributed by atoms with Crippen molar-refractivity contribution in [3.8, 4) is 5.75 Å². The van der Waals surface area contributed by atoms with Crippen molar-refractivity contribution in [1.29, 1.82) is 0 Å². The maximum Gasteiger partial charge on any atom is 0.256 e. The Morgan fingerprint density at radius 1 is 1.17 bits per heavy atom. The van der Waals surface area contributed by atoms with E-state index < -0.39 is 6.04 Å². The molecule has 1 N–H and O–H groups in total. The van der Waals surface area contributed by atoms with Crippen molar-refractivity contribution in [1.82, 2.24) is 0 Å². The topological polar surface area (TPSA) is 58.6 Å². The van der Waals surface area contributed by atoms with Gasteiger partial charge in [-0.05, 0) is 36.4 Å². The van der Waals surface area contributed by atoms with Crippen molar-refractivity contribution >= 4 is 34.8 Å². The largest absolute Gasteiger partial charge is 0.497 e. The number of anilines is 2. The van der Waals surface area contributed by atoms with E-state index in [-0.39, 0.29) is 18.2 Å². The molecule has 0 aliphatic carbocycles. The third-order valence-corrected chi connectivity index (χ3v) is 3.90. The maximum absolute atomic E-state index is 12.6. The summed E-state index contributed by atoms with van der Waals surface area (Å²) >= 11 is 5.84. The number of hydrogen-bond acceptors (Lipinski definition) is 4. The van der Waals surface area contributed by atoms with E-state index in [9.17, 15) is 9.59 Å². The number of benzene rings is 2. The molecule has 3 rings (SSSR count). The van der Waals surface area contributed by atoms with Gasteiger partial charge in [0.05, 0.1) is 19.2 Å². The van der Waals surface area contributed by atoms with E-state index in [1.165, 1.54) is 12.0 Å². The normalized spacial score (nSPS) is 17.5. The summed E-state index contributed by atoms with van der Waals surface area (Å²) in [5.41, 5.74) is 1.26. The number of ether oxygens (including phenoxy) is 1. The van der Waals surface area contributed by atoms with Gasteiger partial charge in [0.1, 0.15) is 11.8 Å². The molecular weight excluding hydrogens is 316 g/mol. The first kappa shape index (κ1) is 15.4. The van der Waals surface area contributed by atoms with Crippen LogP contribution in [0.5, 0.6) is 5.75 Å². The van der Waals surface area contributed by atoms with E-state index in [1.807, 2.05) is 0 Å². The molecule has 1 aliphatic heterocycles. The molecule has 2 aromatic carbocycles. The summed E-state index contributed by atoms with van der Waals surface area (Å²) in [6.45, 7) is 0. The lowest BCUT2D eigenvalue weighted by Gasteiger charge is -2.16. The highest BCUT2D eigenvalue weighted by Crippen LogP contribution is 2.27. The fourth-order valence-corrected chi connectivity index (χ4v) is 2.64. The molecule has 0 unspecified atom stereocenters. The smallest absolute Gasteiger partial charge is 0.256 e. The second kappa shape index (κ2) is 6.30. The van der Waals surface area contributed by atoms with Crippen LogP contribution in [0.1, 0.15) is 6.42 Å². The van der Waals surface area contributed by atoms with E-state index in [1.54, 1.807) is 48.5 Å². The molecule has 2 aromatic rings. The third kappa shape index (κ3) is 3.14. The van der Waals surface area contributed by atoms with Crippen molar-refractivity contribution in [2.24, 2.45) is 0 Å². The summed E-state index contributed by atoms with van der Waals surface area (Å²) in [5.74, 6) is 0.0742. The van der Waals surface area contributed by atoms with Crippen LogP contribution in [-0.2, 0) is 9.59 Å². The molecule has 5 nitrogen and oxygen atoms in total. The number of carbonyl (C=O) groups excluding carboxylic acids is 2. The molecular formula is C17H15ClN2O3. The molecule has 0 bridgehead atoms. The monoisotopic (exact) mass is 330 g/mol. The van der Waals surface area contributed by atoms with E-state index in [0.29, 0.717) is 16.5 Å². The summed E-state index contributed by atoms with van der Waals surface area (Å²) in [5, 5.41) is 3.69. The van der Waals surface area contributed by atoms with Crippen LogP contribution >= 0.6 is 11.6 Å². The van der Waals surface area contributed by atoms with E-state index in [2.05, 4.69) is 5.32 Å². The molecule has 0 spiro atoms. The summed E-state index contributed by atoms with van der Waals surface area (Å²) in [7, 11) is 1.54. The Hall–Kier alpha value is -2.53. The summed E-state index contributed by atoms with van der Waals surface area (Å²) < 4.78 is 5.14. The molecule has 6 heteroatoms. The van der Waals surface area contributed by atoms with Gasteiger partial charge in [0.25, 0.3) is 5.91 Å². The van der Waals surface area contributed by atoms with Gasteiger partial charge in [0.15, 0.2) is 0 Å². The molecule has 118 valence electrons. The molecule has 1 aliphatic rings. The Morgan fingerprint density at radius 3 is 2.61 bits per heavy atom. The highest BCUT2D eigenvalue weighted by Gasteiger charge is 2.39. The average Bonchev–Trinajstić information content (AvgIpc) is 2.83. The minimum absolute atomic E-state index is 0.110. The number of methoxy groups -OCH3 is 1. The van der Waals surface area contributed by atoms with E-state index >= 15 is 0 Å². The SMILES string of the molecule is COc1cccc(N2C(=O)C[C@H](Nc3ccc(Cl)cc3)C2=O)c1. The minimum Gasteiger partial charge on any atom is -0.497 e. The molecule has 0 saturated carbocycles. The number of imide groups is 1. The first-order valence-electron chi connectivity index (χ1n) is 7.11. The minimum atomic E-state index is -0.588. The average molecular weight is 331 g/mol. The molecule has 0 radical (unpaired) electrons. The number of carbonyl (C=O) groups is 2. The number of rotatable bonds is 4. The van der Waals surface area contributed by atoms with Crippen LogP contribution in [0.3, 0.4) is 0 Å². The molecule has 1 fully saturated rings. The van der Waals surface area contributed by atoms with Gasteiger partial charge in [-0.25, -0.2) is 4.90 Å². The van der Waals surface area contributed by atoms with Crippen molar-refractivity contribution in [3.05, 3.63) is 53.6 Å². The van der Waals surface area contributed by atoms with Gasteiger partial charge in [0.2, 0.25) is 5.91 Å². The lowest BCUT2D eigenvalue weighted by atomic mass is 10.2. The fourth-order valence-electron chi connectivity index (χ4n) is 2.51. The Bertz CT molecular complexity index is 746. The lowest BCUT2D eigenvalue weighted by molar-refractivity contribution is -0.121. The summed E-state index contributed by atoms with van der Waals surface area (Å²) in [6, 6.07) is 13.3. The highest BCUT2D eigenvalue weighted by molar-refractivity contribution is 6.30. The number of halogens is 1. The van der Waals surface area contributed by atoms with E-state index in [4.69, 9.17) is 16.3 Å². The number of nitrogens with one attached hydrogen (secondary N) is 1. The van der Waals surface area contributed by atoms with Crippen LogP contribution in [0.2, 0.25) is 5.02 Å². The van der Waals surface area contributed by atoms with Crippen LogP contribution in [0.4, 0.5) is 11.4 Å². The lowest BCUT2D eigenvalue weighted by Crippen LogP contribution is -2.34. The second-order valence-electron chi connectivity index (χ2n) is 5.18. The predicted octanol–water partition coefficient (Wildman–Crippen LogP) is 3.09. The zero-order valence-corrected chi connectivity index (χ0v) is 13.2. The first-order chi connectivity index (χ1) is 11.1. The van der Waals surface area contributed by atoms with Gasteiger partial charge in [-0.1, -0.05) is 17.7 Å². The zero-order valence-electron chi connectivity index (χ0n) is 12.5. The molecule has 1 atom stereocenters. The van der Waals surface area contributed by atoms with Crippen LogP contribution in [0, 0.1) is 0 Å². The van der Waals surface area contributed by atoms with Crippen molar-refractivity contribution in [2.45, 2.75) is 12.5 Å². The molecule has 1 heterocycles. The van der Waals surface area contributed by atoms with Crippen molar-refractivity contribution in [2.75, 3.05) is 17.3 Å². The van der Waals surface area contributed by atoms with Crippen molar-refractivity contribution < 1.29 is 14.3 Å². The number of nitrogens with zero attached hydrogens (tertiary/aromatic N) is 1. The van der Waals surface area contributed by atoms with Gasteiger partial charge in [-0.2, -0.15) is 0 Å².